The molecule has 0 saturated carbocycles. The van der Waals surface area contributed by atoms with Crippen LogP contribution in [0.3, 0.4) is 0 Å². The maximum atomic E-state index is 14.4. The van der Waals surface area contributed by atoms with Crippen LogP contribution >= 0.6 is 0 Å². The number of hydrogen-bond donors (Lipinski definition) is 2. The average Bonchev–Trinajstić information content (AvgIpc) is 3.57. The minimum absolute atomic E-state index is 0.00390. The smallest absolute Gasteiger partial charge is 0.420 e. The number of fused-ring (bicyclic) bond motifs is 2. The van der Waals surface area contributed by atoms with Crippen molar-refractivity contribution in [1.82, 2.24) is 25.2 Å². The standard InChI is InChI=1S/C32H38F3N7O2/c1-3-12-38-25-18-37-19-26(27(25)32(33,34)35)41-15-10-31(11-16-41)20-42(21-9-14-36-17-21)30(43)28-23(31)7-8-24(40-28)22-6-5-13-39-29(22)44-4-2/h5-8,13,18-19,21,36,38H,3-4,9-12,14-17,20H2,1-2H3. The molecule has 3 aliphatic rings. The van der Waals surface area contributed by atoms with E-state index in [1.54, 1.807) is 11.1 Å². The van der Waals surface area contributed by atoms with E-state index in [0.717, 1.165) is 18.5 Å². The quantitative estimate of drug-likeness (QED) is 0.363. The van der Waals surface area contributed by atoms with Gasteiger partial charge in [-0.1, -0.05) is 13.0 Å². The van der Waals surface area contributed by atoms with Gasteiger partial charge in [0.1, 0.15) is 11.3 Å². The summed E-state index contributed by atoms with van der Waals surface area (Å²) < 4.78 is 48.9. The summed E-state index contributed by atoms with van der Waals surface area (Å²) in [7, 11) is 0. The lowest BCUT2D eigenvalue weighted by Crippen LogP contribution is -2.57. The third kappa shape index (κ3) is 5.55. The van der Waals surface area contributed by atoms with E-state index < -0.39 is 17.2 Å². The van der Waals surface area contributed by atoms with Gasteiger partial charge in [-0.15, -0.1) is 0 Å². The molecule has 3 aromatic heterocycles. The van der Waals surface area contributed by atoms with Crippen molar-refractivity contribution in [3.8, 4) is 17.1 Å². The van der Waals surface area contributed by atoms with Crippen LogP contribution in [0.2, 0.25) is 0 Å². The van der Waals surface area contributed by atoms with Crippen molar-refractivity contribution in [1.29, 1.82) is 0 Å². The number of nitrogens with zero attached hydrogens (tertiary/aromatic N) is 5. The lowest BCUT2D eigenvalue weighted by molar-refractivity contribution is -0.136. The second-order valence-electron chi connectivity index (χ2n) is 11.7. The Bertz CT molecular complexity index is 1500. The zero-order valence-electron chi connectivity index (χ0n) is 25.1. The topological polar surface area (TPSA) is 95.5 Å². The van der Waals surface area contributed by atoms with Gasteiger partial charge >= 0.3 is 6.18 Å². The maximum absolute atomic E-state index is 14.4. The van der Waals surface area contributed by atoms with Crippen molar-refractivity contribution in [2.24, 2.45) is 0 Å². The van der Waals surface area contributed by atoms with Crippen LogP contribution in [-0.2, 0) is 11.6 Å². The summed E-state index contributed by atoms with van der Waals surface area (Å²) in [5.41, 5.74) is 1.56. The number of aromatic nitrogens is 3. The van der Waals surface area contributed by atoms with Crippen molar-refractivity contribution in [2.75, 3.05) is 56.1 Å². The molecule has 2 N–H and O–H groups in total. The Labute approximate surface area is 255 Å². The predicted molar refractivity (Wildman–Crippen MR) is 162 cm³/mol. The van der Waals surface area contributed by atoms with Gasteiger partial charge in [-0.2, -0.15) is 13.2 Å². The highest BCUT2D eigenvalue weighted by molar-refractivity contribution is 5.96. The molecule has 2 saturated heterocycles. The molecular formula is C32H38F3N7O2. The number of alkyl halides is 3. The van der Waals surface area contributed by atoms with Gasteiger partial charge in [0.2, 0.25) is 5.88 Å². The zero-order valence-corrected chi connectivity index (χ0v) is 25.1. The molecule has 0 aromatic carbocycles. The van der Waals surface area contributed by atoms with Crippen LogP contribution in [0, 0.1) is 0 Å². The first-order valence-corrected chi connectivity index (χ1v) is 15.4. The number of ether oxygens (including phenoxy) is 1. The summed E-state index contributed by atoms with van der Waals surface area (Å²) in [4.78, 5) is 31.2. The number of nitrogens with one attached hydrogen (secondary N) is 2. The molecule has 3 aromatic rings. The molecule has 6 rings (SSSR count). The SMILES string of the molecule is CCCNc1cncc(N2CCC3(CC2)CN(C2CCNC2)C(=O)c2nc(-c4cccnc4OCC)ccc23)c1C(F)(F)F. The molecule has 6 heterocycles. The summed E-state index contributed by atoms with van der Waals surface area (Å²) in [6.07, 6.45) is 2.40. The number of pyridine rings is 3. The normalized spacial score (nSPS) is 19.8. The van der Waals surface area contributed by atoms with Crippen molar-refractivity contribution >= 4 is 17.3 Å². The van der Waals surface area contributed by atoms with Crippen molar-refractivity contribution in [3.05, 3.63) is 59.7 Å². The Hall–Kier alpha value is -3.93. The molecule has 1 unspecified atom stereocenters. The van der Waals surface area contributed by atoms with E-state index in [1.165, 1.54) is 12.4 Å². The number of rotatable bonds is 8. The number of halogens is 3. The summed E-state index contributed by atoms with van der Waals surface area (Å²) in [6.45, 7) is 7.50. The molecule has 9 nitrogen and oxygen atoms in total. The van der Waals surface area contributed by atoms with Gasteiger partial charge in [0.15, 0.2) is 0 Å². The van der Waals surface area contributed by atoms with Gasteiger partial charge in [0.25, 0.3) is 5.91 Å². The number of carbonyl (C=O) groups is 1. The third-order valence-electron chi connectivity index (χ3n) is 9.04. The van der Waals surface area contributed by atoms with E-state index in [9.17, 15) is 18.0 Å². The largest absolute Gasteiger partial charge is 0.477 e. The lowest BCUT2D eigenvalue weighted by Gasteiger charge is -2.49. The van der Waals surface area contributed by atoms with Gasteiger partial charge in [-0.25, -0.2) is 9.97 Å². The average molecular weight is 610 g/mol. The molecule has 2 fully saturated rings. The van der Waals surface area contributed by atoms with Crippen LogP contribution in [-0.4, -0.2) is 77.7 Å². The lowest BCUT2D eigenvalue weighted by atomic mass is 9.69. The van der Waals surface area contributed by atoms with Crippen LogP contribution in [0.25, 0.3) is 11.3 Å². The zero-order chi connectivity index (χ0) is 30.9. The van der Waals surface area contributed by atoms with Crippen LogP contribution in [0.1, 0.15) is 61.1 Å². The maximum Gasteiger partial charge on any atom is 0.420 e. The van der Waals surface area contributed by atoms with Gasteiger partial charge in [0.05, 0.1) is 41.6 Å². The Morgan fingerprint density at radius 2 is 1.98 bits per heavy atom. The summed E-state index contributed by atoms with van der Waals surface area (Å²) in [5, 5.41) is 6.28. The fraction of sp³-hybridized carbons (Fsp3) is 0.500. The highest BCUT2D eigenvalue weighted by atomic mass is 19.4. The molecular weight excluding hydrogens is 571 g/mol. The molecule has 0 radical (unpaired) electrons. The first-order chi connectivity index (χ1) is 21.3. The van der Waals surface area contributed by atoms with Crippen LogP contribution in [0.4, 0.5) is 24.5 Å². The van der Waals surface area contributed by atoms with E-state index >= 15 is 0 Å². The van der Waals surface area contributed by atoms with E-state index in [2.05, 4.69) is 20.6 Å². The Morgan fingerprint density at radius 1 is 1.16 bits per heavy atom. The highest BCUT2D eigenvalue weighted by Gasteiger charge is 2.48. The summed E-state index contributed by atoms with van der Waals surface area (Å²) in [5.74, 6) is 0.346. The summed E-state index contributed by atoms with van der Waals surface area (Å²) >= 11 is 0. The van der Waals surface area contributed by atoms with E-state index in [0.29, 0.717) is 81.4 Å². The second kappa shape index (κ2) is 12.2. The van der Waals surface area contributed by atoms with E-state index in [4.69, 9.17) is 9.72 Å². The minimum atomic E-state index is -4.54. The minimum Gasteiger partial charge on any atom is -0.477 e. The van der Waals surface area contributed by atoms with Crippen molar-refractivity contribution in [2.45, 2.75) is 57.2 Å². The Morgan fingerprint density at radius 3 is 2.68 bits per heavy atom. The Kier molecular flexibility index (Phi) is 8.36. The van der Waals surface area contributed by atoms with Gasteiger partial charge in [-0.3, -0.25) is 9.78 Å². The first-order valence-electron chi connectivity index (χ1n) is 15.4. The molecule has 1 amide bonds. The van der Waals surface area contributed by atoms with Gasteiger partial charge in [0, 0.05) is 50.4 Å². The first kappa shape index (κ1) is 30.1. The molecule has 3 aliphatic heterocycles. The molecule has 0 bridgehead atoms. The van der Waals surface area contributed by atoms with Gasteiger partial charge in [-0.05, 0) is 62.9 Å². The van der Waals surface area contributed by atoms with Crippen LogP contribution in [0.5, 0.6) is 5.88 Å². The molecule has 234 valence electrons. The highest BCUT2D eigenvalue weighted by Crippen LogP contribution is 2.46. The number of piperidine rings is 1. The Balaban J connectivity index is 1.36. The molecule has 44 heavy (non-hydrogen) atoms. The fourth-order valence-corrected chi connectivity index (χ4v) is 6.84. The number of carbonyl (C=O) groups excluding carboxylic acids is 1. The summed E-state index contributed by atoms with van der Waals surface area (Å²) in [6, 6.07) is 7.61. The third-order valence-corrected chi connectivity index (χ3v) is 9.04. The number of anilines is 2. The predicted octanol–water partition coefficient (Wildman–Crippen LogP) is 5.13. The van der Waals surface area contributed by atoms with Crippen LogP contribution < -0.4 is 20.3 Å². The monoisotopic (exact) mass is 609 g/mol. The fourth-order valence-electron chi connectivity index (χ4n) is 6.84. The number of amides is 1. The molecule has 0 aliphatic carbocycles. The second-order valence-corrected chi connectivity index (χ2v) is 11.7. The van der Waals surface area contributed by atoms with Gasteiger partial charge < -0.3 is 25.2 Å². The van der Waals surface area contributed by atoms with Crippen molar-refractivity contribution < 1.29 is 22.7 Å². The molecule has 12 heteroatoms. The van der Waals surface area contributed by atoms with E-state index in [-0.39, 0.29) is 23.3 Å². The molecule has 1 spiro atoms. The number of hydrogen-bond acceptors (Lipinski definition) is 8. The molecule has 1 atom stereocenters. The van der Waals surface area contributed by atoms with Crippen LogP contribution in [0.15, 0.2) is 42.9 Å². The van der Waals surface area contributed by atoms with Crippen molar-refractivity contribution in [3.63, 3.8) is 0 Å². The van der Waals surface area contributed by atoms with E-state index in [1.807, 2.05) is 43.0 Å².